The van der Waals surface area contributed by atoms with Crippen LogP contribution in [0.4, 0.5) is 22.0 Å². The number of Topliss-reactive ketones (excluding diaryl/α,β-unsaturated/α-hetero) is 1. The largest absolute Gasteiger partial charge is 0.405 e. The summed E-state index contributed by atoms with van der Waals surface area (Å²) >= 11 is 12.2. The maximum atomic E-state index is 14.7. The molecule has 3 N–H and O–H groups in total. The number of ketones is 1. The lowest BCUT2D eigenvalue weighted by atomic mass is 9.88. The summed E-state index contributed by atoms with van der Waals surface area (Å²) in [6.07, 6.45) is -5.19. The van der Waals surface area contributed by atoms with Crippen molar-refractivity contribution < 1.29 is 41.1 Å². The number of hydrogen-bond donors (Lipinski definition) is 3. The van der Waals surface area contributed by atoms with Crippen molar-refractivity contribution in [3.05, 3.63) is 106 Å². The first kappa shape index (κ1) is 36.4. The third kappa shape index (κ3) is 9.98. The van der Waals surface area contributed by atoms with Crippen LogP contribution in [0.3, 0.4) is 0 Å². The van der Waals surface area contributed by atoms with E-state index in [-0.39, 0.29) is 12.0 Å². The average Bonchev–Trinajstić information content (AvgIpc) is 3.00. The van der Waals surface area contributed by atoms with Crippen LogP contribution in [-0.4, -0.2) is 48.2 Å². The summed E-state index contributed by atoms with van der Waals surface area (Å²) < 4.78 is 66.9. The fraction of sp³-hybridized carbons (Fsp3) is 0.312. The highest BCUT2D eigenvalue weighted by molar-refractivity contribution is 6.30. The first-order valence-electron chi connectivity index (χ1n) is 13.9. The average molecular weight is 687 g/mol. The van der Waals surface area contributed by atoms with Crippen LogP contribution in [0.25, 0.3) is 0 Å². The molecule has 246 valence electrons. The Morgan fingerprint density at radius 1 is 0.739 bits per heavy atom. The van der Waals surface area contributed by atoms with Gasteiger partial charge in [-0.3, -0.25) is 19.2 Å². The van der Waals surface area contributed by atoms with Gasteiger partial charge in [-0.05, 0) is 46.9 Å². The van der Waals surface area contributed by atoms with E-state index in [1.54, 1.807) is 66.7 Å². The smallest absolute Gasteiger partial charge is 0.344 e. The van der Waals surface area contributed by atoms with Gasteiger partial charge in [0.15, 0.2) is 0 Å². The fourth-order valence-electron chi connectivity index (χ4n) is 4.57. The van der Waals surface area contributed by atoms with E-state index in [1.807, 2.05) is 0 Å². The maximum absolute atomic E-state index is 14.7. The molecule has 3 aromatic carbocycles. The lowest BCUT2D eigenvalue weighted by molar-refractivity contribution is -0.165. The predicted molar refractivity (Wildman–Crippen MR) is 162 cm³/mol. The van der Waals surface area contributed by atoms with E-state index in [0.29, 0.717) is 21.2 Å². The van der Waals surface area contributed by atoms with Gasteiger partial charge in [-0.2, -0.15) is 22.0 Å². The minimum Gasteiger partial charge on any atom is -0.344 e. The molecule has 0 unspecified atom stereocenters. The van der Waals surface area contributed by atoms with Crippen LogP contribution in [-0.2, 0) is 19.2 Å². The van der Waals surface area contributed by atoms with Crippen molar-refractivity contribution in [3.8, 4) is 0 Å². The molecule has 14 heteroatoms. The molecule has 3 aromatic rings. The number of benzene rings is 3. The Labute approximate surface area is 271 Å². The first-order chi connectivity index (χ1) is 21.5. The van der Waals surface area contributed by atoms with Crippen LogP contribution in [0.1, 0.15) is 48.9 Å². The Balaban J connectivity index is 1.88. The van der Waals surface area contributed by atoms with Crippen LogP contribution in [0, 0.1) is 5.92 Å². The van der Waals surface area contributed by atoms with Crippen LogP contribution < -0.4 is 16.0 Å². The van der Waals surface area contributed by atoms with Gasteiger partial charge in [-0.25, -0.2) is 0 Å². The SMILES string of the molecule is CC(C)[C@H](NC(=O)[C@@H](NC(=O)C[C@H](c1ccc(Cl)cc1)c1cccc(Cl)c1)c1ccccc1)C(=O)C(F)(F)C(=O)NCC(F)(F)F. The molecule has 0 aliphatic heterocycles. The zero-order valence-electron chi connectivity index (χ0n) is 24.5. The molecule has 0 bridgehead atoms. The molecule has 0 saturated heterocycles. The Bertz CT molecular complexity index is 1540. The number of halogens is 7. The highest BCUT2D eigenvalue weighted by atomic mass is 35.5. The van der Waals surface area contributed by atoms with Crippen LogP contribution in [0.5, 0.6) is 0 Å². The summed E-state index contributed by atoms with van der Waals surface area (Å²) in [5.41, 5.74) is 1.63. The number of carbonyl (C=O) groups excluding carboxylic acids is 4. The number of alkyl halides is 5. The van der Waals surface area contributed by atoms with Gasteiger partial charge in [-0.1, -0.05) is 91.6 Å². The fourth-order valence-corrected chi connectivity index (χ4v) is 4.89. The second-order valence-electron chi connectivity index (χ2n) is 10.7. The highest BCUT2D eigenvalue weighted by Gasteiger charge is 2.52. The van der Waals surface area contributed by atoms with Crippen LogP contribution in [0.2, 0.25) is 10.0 Å². The minimum atomic E-state index is -5.00. The molecule has 0 heterocycles. The minimum absolute atomic E-state index is 0.192. The Morgan fingerprint density at radius 3 is 1.91 bits per heavy atom. The van der Waals surface area contributed by atoms with Gasteiger partial charge in [0, 0.05) is 22.4 Å². The zero-order valence-corrected chi connectivity index (χ0v) is 26.0. The number of amides is 3. The summed E-state index contributed by atoms with van der Waals surface area (Å²) in [7, 11) is 0. The number of nitrogens with one attached hydrogen (secondary N) is 3. The monoisotopic (exact) mass is 685 g/mol. The molecule has 3 amide bonds. The molecule has 0 radical (unpaired) electrons. The standard InChI is InChI=1S/C32H30Cl2F5N3O4/c1-18(2)26(28(44)32(38,39)30(46)40-17-31(35,36)37)42-29(45)27(20-7-4-3-5-8-20)41-25(43)16-24(19-11-13-22(33)14-12-19)21-9-6-10-23(34)15-21/h3-15,18,24,26-27H,16-17H2,1-2H3,(H,40,46)(H,41,43)(H,42,45)/t24-,26+,27+/m1/s1. The van der Waals surface area contributed by atoms with Gasteiger partial charge in [-0.15, -0.1) is 0 Å². The van der Waals surface area contributed by atoms with E-state index in [9.17, 15) is 41.1 Å². The van der Waals surface area contributed by atoms with Crippen molar-refractivity contribution in [3.63, 3.8) is 0 Å². The first-order valence-corrected chi connectivity index (χ1v) is 14.7. The molecule has 46 heavy (non-hydrogen) atoms. The molecule has 0 fully saturated rings. The van der Waals surface area contributed by atoms with Gasteiger partial charge in [0.05, 0.1) is 6.04 Å². The molecule has 0 aromatic heterocycles. The van der Waals surface area contributed by atoms with Crippen molar-refractivity contribution in [2.45, 2.75) is 50.4 Å². The van der Waals surface area contributed by atoms with Crippen LogP contribution in [0.15, 0.2) is 78.9 Å². The normalized spacial score (nSPS) is 13.8. The summed E-state index contributed by atoms with van der Waals surface area (Å²) in [6.45, 7) is 0.510. The lowest BCUT2D eigenvalue weighted by Gasteiger charge is -2.28. The number of hydrogen-bond acceptors (Lipinski definition) is 4. The van der Waals surface area contributed by atoms with E-state index in [2.05, 4.69) is 10.6 Å². The van der Waals surface area contributed by atoms with Gasteiger partial charge >= 0.3 is 12.1 Å². The summed E-state index contributed by atoms with van der Waals surface area (Å²) in [4.78, 5) is 51.7. The van der Waals surface area contributed by atoms with Crippen LogP contribution >= 0.6 is 23.2 Å². The number of rotatable bonds is 13. The molecule has 0 saturated carbocycles. The molecule has 0 aliphatic rings. The second-order valence-corrected chi connectivity index (χ2v) is 11.6. The van der Waals surface area contributed by atoms with E-state index in [0.717, 1.165) is 5.32 Å². The molecule has 3 atom stereocenters. The van der Waals surface area contributed by atoms with Crippen molar-refractivity contribution in [1.29, 1.82) is 0 Å². The van der Waals surface area contributed by atoms with Gasteiger partial charge < -0.3 is 16.0 Å². The van der Waals surface area contributed by atoms with Crippen molar-refractivity contribution in [2.75, 3.05) is 6.54 Å². The second kappa shape index (κ2) is 15.5. The van der Waals surface area contributed by atoms with E-state index in [1.165, 1.54) is 26.0 Å². The van der Waals surface area contributed by atoms with Gasteiger partial charge in [0.25, 0.3) is 5.91 Å². The third-order valence-electron chi connectivity index (χ3n) is 6.90. The van der Waals surface area contributed by atoms with Crippen molar-refractivity contribution in [1.82, 2.24) is 16.0 Å². The third-order valence-corrected chi connectivity index (χ3v) is 7.39. The Kier molecular flexibility index (Phi) is 12.3. The summed E-state index contributed by atoms with van der Waals surface area (Å²) in [6, 6.07) is 17.8. The quantitative estimate of drug-likeness (QED) is 0.143. The van der Waals surface area contributed by atoms with Crippen molar-refractivity contribution >= 4 is 46.7 Å². The van der Waals surface area contributed by atoms with E-state index >= 15 is 0 Å². The molecule has 3 rings (SSSR count). The van der Waals surface area contributed by atoms with Gasteiger partial charge in [0.2, 0.25) is 17.6 Å². The summed E-state index contributed by atoms with van der Waals surface area (Å²) in [5, 5.41) is 6.65. The topological polar surface area (TPSA) is 104 Å². The molecule has 7 nitrogen and oxygen atoms in total. The maximum Gasteiger partial charge on any atom is 0.405 e. The molecule has 0 aliphatic carbocycles. The van der Waals surface area contributed by atoms with Gasteiger partial charge in [0.1, 0.15) is 12.6 Å². The number of carbonyl (C=O) groups is 4. The predicted octanol–water partition coefficient (Wildman–Crippen LogP) is 6.40. The zero-order chi connectivity index (χ0) is 34.2. The molecular formula is C32H30Cl2F5N3O4. The van der Waals surface area contributed by atoms with E-state index < -0.39 is 66.1 Å². The van der Waals surface area contributed by atoms with E-state index in [4.69, 9.17) is 23.2 Å². The molecular weight excluding hydrogens is 656 g/mol. The summed E-state index contributed by atoms with van der Waals surface area (Å²) in [5.74, 6) is -12.7. The molecule has 0 spiro atoms. The lowest BCUT2D eigenvalue weighted by Crippen LogP contribution is -2.58. The Hall–Kier alpha value is -4.03. The van der Waals surface area contributed by atoms with Crippen molar-refractivity contribution in [2.24, 2.45) is 5.92 Å². The highest BCUT2D eigenvalue weighted by Crippen LogP contribution is 2.31. The Morgan fingerprint density at radius 2 is 1.35 bits per heavy atom.